The number of hydrogen-bond acceptors (Lipinski definition) is 7. The number of pyridine rings is 1. The van der Waals surface area contributed by atoms with Crippen molar-refractivity contribution in [1.29, 1.82) is 0 Å². The number of nitrogen functional groups attached to an aromatic ring is 1. The largest absolute Gasteiger partial charge is 0.393 e. The van der Waals surface area contributed by atoms with Gasteiger partial charge in [0.1, 0.15) is 12.0 Å². The van der Waals surface area contributed by atoms with Gasteiger partial charge < -0.3 is 11.1 Å². The third-order valence-electron chi connectivity index (χ3n) is 2.52. The smallest absolute Gasteiger partial charge is 0.271 e. The van der Waals surface area contributed by atoms with Crippen LogP contribution in [-0.2, 0) is 0 Å². The van der Waals surface area contributed by atoms with Crippen LogP contribution in [0.4, 0.5) is 17.3 Å². The second-order valence-corrected chi connectivity index (χ2v) is 3.97. The second-order valence-electron chi connectivity index (χ2n) is 3.97. The molecule has 0 aliphatic rings. The van der Waals surface area contributed by atoms with Gasteiger partial charge in [0.25, 0.3) is 5.91 Å². The molecule has 0 spiro atoms. The Balaban J connectivity index is 2.03. The van der Waals surface area contributed by atoms with Gasteiger partial charge in [0.15, 0.2) is 11.6 Å². The molecule has 21 heavy (non-hydrogen) atoms. The first-order valence-electron chi connectivity index (χ1n) is 6.14. The van der Waals surface area contributed by atoms with Crippen molar-refractivity contribution in [2.24, 2.45) is 0 Å². The van der Waals surface area contributed by atoms with Gasteiger partial charge in [0.2, 0.25) is 0 Å². The summed E-state index contributed by atoms with van der Waals surface area (Å²) in [4.78, 5) is 23.7. The highest BCUT2D eigenvalue weighted by molar-refractivity contribution is 5.94. The number of anilines is 3. The molecule has 2 aromatic heterocycles. The summed E-state index contributed by atoms with van der Waals surface area (Å²) >= 11 is 0. The Hall–Kier alpha value is -3.16. The third kappa shape index (κ3) is 3.66. The van der Waals surface area contributed by atoms with Crippen molar-refractivity contribution in [1.82, 2.24) is 20.4 Å². The van der Waals surface area contributed by atoms with Crippen molar-refractivity contribution in [3.05, 3.63) is 49.1 Å². The van der Waals surface area contributed by atoms with Gasteiger partial charge in [-0.15, -0.1) is 6.58 Å². The Bertz CT molecular complexity index is 630. The molecule has 0 aliphatic heterocycles. The maximum Gasteiger partial charge on any atom is 0.271 e. The average molecular weight is 285 g/mol. The van der Waals surface area contributed by atoms with E-state index in [0.29, 0.717) is 29.4 Å². The molecule has 0 aromatic carbocycles. The first-order valence-corrected chi connectivity index (χ1v) is 6.14. The van der Waals surface area contributed by atoms with Crippen LogP contribution in [0.3, 0.4) is 0 Å². The summed E-state index contributed by atoms with van der Waals surface area (Å²) in [5.41, 5.74) is 11.8. The van der Waals surface area contributed by atoms with Crippen molar-refractivity contribution < 1.29 is 4.79 Å². The molecule has 0 radical (unpaired) electrons. The van der Waals surface area contributed by atoms with Crippen LogP contribution in [0.5, 0.6) is 0 Å². The van der Waals surface area contributed by atoms with Gasteiger partial charge in [-0.2, -0.15) is 0 Å². The Morgan fingerprint density at radius 2 is 2.19 bits per heavy atom. The Labute approximate surface area is 121 Å². The first-order chi connectivity index (χ1) is 10.2. The molecule has 0 aliphatic carbocycles. The minimum Gasteiger partial charge on any atom is -0.393 e. The molecule has 0 fully saturated rings. The van der Waals surface area contributed by atoms with Gasteiger partial charge in [-0.1, -0.05) is 6.08 Å². The molecule has 2 aromatic rings. The lowest BCUT2D eigenvalue weighted by atomic mass is 10.3. The summed E-state index contributed by atoms with van der Waals surface area (Å²) < 4.78 is 0. The molecular formula is C13H15N7O. The number of carbonyl (C=O) groups excluding carboxylic acids is 1. The van der Waals surface area contributed by atoms with Gasteiger partial charge >= 0.3 is 0 Å². The number of nitrogens with two attached hydrogens (primary N) is 1. The highest BCUT2D eigenvalue weighted by Crippen LogP contribution is 2.21. The first kappa shape index (κ1) is 14.3. The normalized spacial score (nSPS) is 9.71. The van der Waals surface area contributed by atoms with Crippen LogP contribution in [0.15, 0.2) is 43.5 Å². The number of aromatic nitrogens is 3. The van der Waals surface area contributed by atoms with E-state index in [9.17, 15) is 4.79 Å². The fourth-order valence-electron chi connectivity index (χ4n) is 1.49. The standard InChI is InChI=1S/C13H15N7O/c1-2-5-16-11-10(14)12(18-8-17-11)19-20-13(21)9-4-3-6-15-7-9/h2-4,6-8H,1,5,14H2,(H,20,21)(H2,16,17,18,19). The van der Waals surface area contributed by atoms with Crippen LogP contribution in [0.2, 0.25) is 0 Å². The summed E-state index contributed by atoms with van der Waals surface area (Å²) in [7, 11) is 0. The molecule has 8 heteroatoms. The number of hydrogen-bond donors (Lipinski definition) is 4. The third-order valence-corrected chi connectivity index (χ3v) is 2.52. The zero-order chi connectivity index (χ0) is 15.1. The van der Waals surface area contributed by atoms with Crippen molar-refractivity contribution in [2.45, 2.75) is 0 Å². The van der Waals surface area contributed by atoms with Crippen LogP contribution in [0.1, 0.15) is 10.4 Å². The van der Waals surface area contributed by atoms with E-state index in [1.807, 2.05) is 0 Å². The Kier molecular flexibility index (Phi) is 4.65. The number of hydrazine groups is 1. The Morgan fingerprint density at radius 1 is 1.38 bits per heavy atom. The van der Waals surface area contributed by atoms with Crippen LogP contribution in [-0.4, -0.2) is 27.4 Å². The van der Waals surface area contributed by atoms with Gasteiger partial charge in [-0.3, -0.25) is 20.6 Å². The van der Waals surface area contributed by atoms with Gasteiger partial charge in [-0.25, -0.2) is 9.97 Å². The van der Waals surface area contributed by atoms with E-state index in [-0.39, 0.29) is 5.91 Å². The monoisotopic (exact) mass is 285 g/mol. The van der Waals surface area contributed by atoms with E-state index < -0.39 is 0 Å². The van der Waals surface area contributed by atoms with E-state index >= 15 is 0 Å². The molecule has 0 saturated carbocycles. The molecular weight excluding hydrogens is 270 g/mol. The molecule has 2 rings (SSSR count). The van der Waals surface area contributed by atoms with Crippen LogP contribution >= 0.6 is 0 Å². The fraction of sp³-hybridized carbons (Fsp3) is 0.0769. The second kappa shape index (κ2) is 6.85. The maximum atomic E-state index is 11.9. The van der Waals surface area contributed by atoms with Gasteiger partial charge in [-0.05, 0) is 12.1 Å². The maximum absolute atomic E-state index is 11.9. The molecule has 0 bridgehead atoms. The molecule has 108 valence electrons. The molecule has 0 saturated heterocycles. The predicted molar refractivity (Wildman–Crippen MR) is 80.5 cm³/mol. The molecule has 8 nitrogen and oxygen atoms in total. The van der Waals surface area contributed by atoms with E-state index in [0.717, 1.165) is 0 Å². The number of rotatable bonds is 6. The number of nitrogens with zero attached hydrogens (tertiary/aromatic N) is 3. The lowest BCUT2D eigenvalue weighted by Gasteiger charge is -2.12. The molecule has 2 heterocycles. The molecule has 0 unspecified atom stereocenters. The quantitative estimate of drug-likeness (QED) is 0.458. The number of carbonyl (C=O) groups is 1. The minimum absolute atomic E-state index is 0.297. The lowest BCUT2D eigenvalue weighted by Crippen LogP contribution is -2.30. The molecule has 5 N–H and O–H groups in total. The lowest BCUT2D eigenvalue weighted by molar-refractivity contribution is 0.0962. The van der Waals surface area contributed by atoms with E-state index in [4.69, 9.17) is 5.73 Å². The van der Waals surface area contributed by atoms with Crippen molar-refractivity contribution in [3.63, 3.8) is 0 Å². The summed E-state index contributed by atoms with van der Waals surface area (Å²) in [6, 6.07) is 3.32. The summed E-state index contributed by atoms with van der Waals surface area (Å²) in [6.07, 6.45) is 6.06. The van der Waals surface area contributed by atoms with Crippen LogP contribution < -0.4 is 21.9 Å². The van der Waals surface area contributed by atoms with Crippen molar-refractivity contribution >= 4 is 23.2 Å². The van der Waals surface area contributed by atoms with Crippen LogP contribution in [0, 0.1) is 0 Å². The topological polar surface area (TPSA) is 118 Å². The summed E-state index contributed by atoms with van der Waals surface area (Å²) in [6.45, 7) is 4.11. The Morgan fingerprint density at radius 3 is 2.90 bits per heavy atom. The SMILES string of the molecule is C=CCNc1ncnc(NNC(=O)c2cccnc2)c1N. The predicted octanol–water partition coefficient (Wildman–Crippen LogP) is 0.809. The van der Waals surface area contributed by atoms with E-state index in [2.05, 4.69) is 37.7 Å². The van der Waals surface area contributed by atoms with Crippen LogP contribution in [0.25, 0.3) is 0 Å². The van der Waals surface area contributed by atoms with Crippen molar-refractivity contribution in [3.8, 4) is 0 Å². The van der Waals surface area contributed by atoms with Gasteiger partial charge in [0.05, 0.1) is 5.56 Å². The fourth-order valence-corrected chi connectivity index (χ4v) is 1.49. The van der Waals surface area contributed by atoms with E-state index in [1.54, 1.807) is 24.4 Å². The zero-order valence-electron chi connectivity index (χ0n) is 11.2. The minimum atomic E-state index is -0.346. The highest BCUT2D eigenvalue weighted by atomic mass is 16.2. The average Bonchev–Trinajstić information content (AvgIpc) is 2.53. The molecule has 0 atom stereocenters. The molecule has 1 amide bonds. The summed E-state index contributed by atoms with van der Waals surface area (Å²) in [5, 5.41) is 2.97. The highest BCUT2D eigenvalue weighted by Gasteiger charge is 2.09. The zero-order valence-corrected chi connectivity index (χ0v) is 11.2. The number of amides is 1. The van der Waals surface area contributed by atoms with Gasteiger partial charge in [0, 0.05) is 18.9 Å². The number of nitrogens with one attached hydrogen (secondary N) is 3. The summed E-state index contributed by atoms with van der Waals surface area (Å²) in [5.74, 6) is 0.415. The van der Waals surface area contributed by atoms with E-state index in [1.165, 1.54) is 12.5 Å². The van der Waals surface area contributed by atoms with Crippen molar-refractivity contribution in [2.75, 3.05) is 23.0 Å².